The molecule has 102 valence electrons. The van der Waals surface area contributed by atoms with Crippen LogP contribution in [0.4, 0.5) is 13.2 Å². The van der Waals surface area contributed by atoms with Gasteiger partial charge in [0.2, 0.25) is 0 Å². The van der Waals surface area contributed by atoms with E-state index in [1.807, 2.05) is 0 Å². The summed E-state index contributed by atoms with van der Waals surface area (Å²) in [5, 5.41) is 4.09. The van der Waals surface area contributed by atoms with Crippen LogP contribution in [0.1, 0.15) is 11.4 Å². The van der Waals surface area contributed by atoms with E-state index in [-0.39, 0.29) is 0 Å². The standard InChI is InChI=1S/C13H9F3N4/c1-8-18-12-17-6-10(7-20(12)19-8)9-3-2-4-11(5-9)13(14,15)16/h2-7H,1H3. The van der Waals surface area contributed by atoms with Crippen LogP contribution in [-0.4, -0.2) is 19.6 Å². The maximum Gasteiger partial charge on any atom is 0.416 e. The van der Waals surface area contributed by atoms with Crippen molar-refractivity contribution in [2.24, 2.45) is 0 Å². The van der Waals surface area contributed by atoms with Gasteiger partial charge in [-0.2, -0.15) is 23.3 Å². The second kappa shape index (κ2) is 4.29. The lowest BCUT2D eigenvalue weighted by Crippen LogP contribution is -2.04. The number of hydrogen-bond donors (Lipinski definition) is 0. The summed E-state index contributed by atoms with van der Waals surface area (Å²) in [5.41, 5.74) is 0.292. The van der Waals surface area contributed by atoms with Crippen molar-refractivity contribution in [2.75, 3.05) is 0 Å². The summed E-state index contributed by atoms with van der Waals surface area (Å²) in [7, 11) is 0. The maximum atomic E-state index is 12.7. The van der Waals surface area contributed by atoms with Crippen LogP contribution in [0.3, 0.4) is 0 Å². The Bertz CT molecular complexity index is 777. The van der Waals surface area contributed by atoms with E-state index in [0.29, 0.717) is 22.7 Å². The van der Waals surface area contributed by atoms with E-state index in [1.165, 1.54) is 16.8 Å². The van der Waals surface area contributed by atoms with Crippen LogP contribution in [0.25, 0.3) is 16.9 Å². The van der Waals surface area contributed by atoms with E-state index < -0.39 is 11.7 Å². The number of nitrogens with zero attached hydrogens (tertiary/aromatic N) is 4. The van der Waals surface area contributed by atoms with Crippen LogP contribution in [0, 0.1) is 6.92 Å². The average molecular weight is 278 g/mol. The van der Waals surface area contributed by atoms with Crippen molar-refractivity contribution in [2.45, 2.75) is 13.1 Å². The van der Waals surface area contributed by atoms with E-state index >= 15 is 0 Å². The van der Waals surface area contributed by atoms with Gasteiger partial charge in [-0.05, 0) is 24.6 Å². The fourth-order valence-electron chi connectivity index (χ4n) is 1.91. The normalized spacial score (nSPS) is 12.0. The molecule has 2 aromatic heterocycles. The molecule has 0 saturated carbocycles. The molecular weight excluding hydrogens is 269 g/mol. The molecule has 0 atom stereocenters. The molecule has 0 aliphatic heterocycles. The molecule has 0 radical (unpaired) electrons. The molecule has 0 fully saturated rings. The molecule has 0 spiro atoms. The summed E-state index contributed by atoms with van der Waals surface area (Å²) in [6.07, 6.45) is -1.27. The lowest BCUT2D eigenvalue weighted by molar-refractivity contribution is -0.137. The van der Waals surface area contributed by atoms with Crippen LogP contribution in [0.2, 0.25) is 0 Å². The van der Waals surface area contributed by atoms with Crippen molar-refractivity contribution < 1.29 is 13.2 Å². The second-order valence-corrected chi connectivity index (χ2v) is 4.32. The highest BCUT2D eigenvalue weighted by Crippen LogP contribution is 2.31. The number of alkyl halides is 3. The minimum absolute atomic E-state index is 0.415. The SMILES string of the molecule is Cc1nc2ncc(-c3cccc(C(F)(F)F)c3)cn2n1. The highest BCUT2D eigenvalue weighted by molar-refractivity contribution is 5.63. The van der Waals surface area contributed by atoms with Gasteiger partial charge < -0.3 is 0 Å². The number of aromatic nitrogens is 4. The van der Waals surface area contributed by atoms with Crippen molar-refractivity contribution in [3.8, 4) is 11.1 Å². The highest BCUT2D eigenvalue weighted by Gasteiger charge is 2.30. The van der Waals surface area contributed by atoms with Crippen molar-refractivity contribution >= 4 is 5.78 Å². The van der Waals surface area contributed by atoms with Crippen molar-refractivity contribution in [3.05, 3.63) is 48.0 Å². The molecule has 7 heteroatoms. The van der Waals surface area contributed by atoms with Gasteiger partial charge in [-0.25, -0.2) is 9.50 Å². The van der Waals surface area contributed by atoms with Crippen LogP contribution >= 0.6 is 0 Å². The highest BCUT2D eigenvalue weighted by atomic mass is 19.4. The summed E-state index contributed by atoms with van der Waals surface area (Å²) in [6.45, 7) is 1.72. The summed E-state index contributed by atoms with van der Waals surface area (Å²) in [4.78, 5) is 8.14. The summed E-state index contributed by atoms with van der Waals surface area (Å²) < 4.78 is 39.5. The summed E-state index contributed by atoms with van der Waals surface area (Å²) in [6, 6.07) is 5.10. The Labute approximate surface area is 111 Å². The molecule has 3 rings (SSSR count). The van der Waals surface area contributed by atoms with Gasteiger partial charge in [-0.1, -0.05) is 12.1 Å². The van der Waals surface area contributed by atoms with E-state index in [9.17, 15) is 13.2 Å². The molecular formula is C13H9F3N4. The largest absolute Gasteiger partial charge is 0.416 e. The van der Waals surface area contributed by atoms with Gasteiger partial charge in [0.25, 0.3) is 5.78 Å². The van der Waals surface area contributed by atoms with E-state index in [2.05, 4.69) is 15.1 Å². The third kappa shape index (κ3) is 2.22. The van der Waals surface area contributed by atoms with Crippen LogP contribution in [-0.2, 0) is 6.18 Å². The van der Waals surface area contributed by atoms with Gasteiger partial charge in [-0.3, -0.25) is 0 Å². The first-order valence-corrected chi connectivity index (χ1v) is 5.80. The minimum atomic E-state index is -4.36. The second-order valence-electron chi connectivity index (χ2n) is 4.32. The molecule has 20 heavy (non-hydrogen) atoms. The first-order valence-electron chi connectivity index (χ1n) is 5.80. The molecule has 0 bridgehead atoms. The Morgan fingerprint density at radius 1 is 1.15 bits per heavy atom. The zero-order valence-electron chi connectivity index (χ0n) is 10.4. The molecule has 0 aliphatic rings. The first kappa shape index (κ1) is 12.6. The third-order valence-corrected chi connectivity index (χ3v) is 2.82. The molecule has 2 heterocycles. The van der Waals surface area contributed by atoms with Gasteiger partial charge in [0.15, 0.2) is 0 Å². The number of rotatable bonds is 1. The zero-order valence-corrected chi connectivity index (χ0v) is 10.4. The molecule has 0 saturated heterocycles. The van der Waals surface area contributed by atoms with E-state index in [4.69, 9.17) is 0 Å². The average Bonchev–Trinajstić information content (AvgIpc) is 2.77. The molecule has 1 aromatic carbocycles. The smallest absolute Gasteiger partial charge is 0.219 e. The minimum Gasteiger partial charge on any atom is -0.219 e. The van der Waals surface area contributed by atoms with E-state index in [0.717, 1.165) is 12.1 Å². The summed E-state index contributed by atoms with van der Waals surface area (Å²) >= 11 is 0. The maximum absolute atomic E-state index is 12.7. The summed E-state index contributed by atoms with van der Waals surface area (Å²) in [5.74, 6) is 0.969. The predicted octanol–water partition coefficient (Wildman–Crippen LogP) is 3.12. The number of hydrogen-bond acceptors (Lipinski definition) is 3. The lowest BCUT2D eigenvalue weighted by Gasteiger charge is -2.08. The molecule has 0 N–H and O–H groups in total. The third-order valence-electron chi connectivity index (χ3n) is 2.82. The van der Waals surface area contributed by atoms with Gasteiger partial charge in [-0.15, -0.1) is 0 Å². The van der Waals surface area contributed by atoms with Gasteiger partial charge in [0.05, 0.1) is 5.56 Å². The van der Waals surface area contributed by atoms with Crippen LogP contribution in [0.15, 0.2) is 36.7 Å². The Kier molecular flexibility index (Phi) is 2.70. The Hall–Kier alpha value is -2.44. The Morgan fingerprint density at radius 2 is 1.95 bits per heavy atom. The molecule has 0 amide bonds. The van der Waals surface area contributed by atoms with Gasteiger partial charge in [0, 0.05) is 18.0 Å². The lowest BCUT2D eigenvalue weighted by atomic mass is 10.1. The first-order chi connectivity index (χ1) is 9.43. The molecule has 3 aromatic rings. The Morgan fingerprint density at radius 3 is 2.70 bits per heavy atom. The monoisotopic (exact) mass is 278 g/mol. The fourth-order valence-corrected chi connectivity index (χ4v) is 1.91. The topological polar surface area (TPSA) is 43.1 Å². The number of fused-ring (bicyclic) bond motifs is 1. The van der Waals surface area contributed by atoms with Crippen LogP contribution in [0.5, 0.6) is 0 Å². The zero-order chi connectivity index (χ0) is 14.3. The van der Waals surface area contributed by atoms with Crippen molar-refractivity contribution in [1.29, 1.82) is 0 Å². The van der Waals surface area contributed by atoms with E-state index in [1.54, 1.807) is 19.2 Å². The number of halogens is 3. The van der Waals surface area contributed by atoms with Gasteiger partial charge in [0.1, 0.15) is 5.82 Å². The number of aryl methyl sites for hydroxylation is 1. The fraction of sp³-hybridized carbons (Fsp3) is 0.154. The quantitative estimate of drug-likeness (QED) is 0.687. The molecule has 4 nitrogen and oxygen atoms in total. The number of benzene rings is 1. The predicted molar refractivity (Wildman–Crippen MR) is 66.0 cm³/mol. The van der Waals surface area contributed by atoms with Gasteiger partial charge >= 0.3 is 6.18 Å². The van der Waals surface area contributed by atoms with Crippen LogP contribution < -0.4 is 0 Å². The molecule has 0 unspecified atom stereocenters. The van der Waals surface area contributed by atoms with Crippen molar-refractivity contribution in [1.82, 2.24) is 19.6 Å². The van der Waals surface area contributed by atoms with Crippen molar-refractivity contribution in [3.63, 3.8) is 0 Å². The molecule has 0 aliphatic carbocycles. The Balaban J connectivity index is 2.10.